The van der Waals surface area contributed by atoms with Gasteiger partial charge in [-0.25, -0.2) is 9.97 Å². The van der Waals surface area contributed by atoms with Gasteiger partial charge in [-0.3, -0.25) is 0 Å². The number of nitrogens with two attached hydrogens (primary N) is 1. The predicted molar refractivity (Wildman–Crippen MR) is 107 cm³/mol. The summed E-state index contributed by atoms with van der Waals surface area (Å²) in [5.74, 6) is 2.23. The molecule has 0 aliphatic carbocycles. The van der Waals surface area contributed by atoms with E-state index in [4.69, 9.17) is 22.4 Å². The van der Waals surface area contributed by atoms with E-state index in [1.54, 1.807) is 6.20 Å². The van der Waals surface area contributed by atoms with Crippen LogP contribution >= 0.6 is 12.2 Å². The van der Waals surface area contributed by atoms with Crippen molar-refractivity contribution in [1.29, 1.82) is 0 Å². The molecular weight excluding hydrogens is 348 g/mol. The first kappa shape index (κ1) is 18.6. The fourth-order valence-electron chi connectivity index (χ4n) is 3.38. The molecule has 1 aliphatic heterocycles. The maximum atomic E-state index is 6.10. The molecule has 0 bridgehead atoms. The van der Waals surface area contributed by atoms with Gasteiger partial charge in [0, 0.05) is 19.2 Å². The van der Waals surface area contributed by atoms with Crippen LogP contribution in [0.2, 0.25) is 0 Å². The molecule has 3 rings (SSSR count). The molecule has 1 aliphatic rings. The van der Waals surface area contributed by atoms with Crippen molar-refractivity contribution in [3.05, 3.63) is 35.7 Å². The number of hydrogen-bond donors (Lipinski definition) is 2. The first-order chi connectivity index (χ1) is 12.5. The van der Waals surface area contributed by atoms with Gasteiger partial charge in [0.2, 0.25) is 0 Å². The van der Waals surface area contributed by atoms with Gasteiger partial charge < -0.3 is 25.3 Å². The lowest BCUT2D eigenvalue weighted by atomic mass is 10.0. The van der Waals surface area contributed by atoms with E-state index in [1.807, 2.05) is 30.9 Å². The van der Waals surface area contributed by atoms with E-state index in [0.717, 1.165) is 48.9 Å². The maximum absolute atomic E-state index is 6.10. The van der Waals surface area contributed by atoms with Crippen molar-refractivity contribution in [2.24, 2.45) is 5.73 Å². The number of aryl methyl sites for hydroxylation is 2. The van der Waals surface area contributed by atoms with E-state index in [1.165, 1.54) is 0 Å². The van der Waals surface area contributed by atoms with Gasteiger partial charge in [-0.2, -0.15) is 0 Å². The van der Waals surface area contributed by atoms with Crippen LogP contribution < -0.4 is 16.0 Å². The smallest absolute Gasteiger partial charge is 0.191 e. The van der Waals surface area contributed by atoms with Crippen molar-refractivity contribution in [2.45, 2.75) is 39.3 Å². The third-order valence-electron chi connectivity index (χ3n) is 4.76. The molecule has 0 atom stereocenters. The molecule has 0 spiro atoms. The molecule has 0 saturated carbocycles. The van der Waals surface area contributed by atoms with Gasteiger partial charge in [-0.05, 0) is 64.3 Å². The van der Waals surface area contributed by atoms with Crippen LogP contribution in [0.25, 0.3) is 0 Å². The quantitative estimate of drug-likeness (QED) is 0.772. The highest BCUT2D eigenvalue weighted by Crippen LogP contribution is 2.29. The first-order valence-corrected chi connectivity index (χ1v) is 9.25. The lowest BCUT2D eigenvalue weighted by molar-refractivity contribution is 0.256. The van der Waals surface area contributed by atoms with Gasteiger partial charge in [0.1, 0.15) is 17.3 Å². The fourth-order valence-corrected chi connectivity index (χ4v) is 3.63. The molecule has 0 radical (unpaired) electrons. The number of anilines is 2. The molecule has 8 heteroatoms. The Morgan fingerprint density at radius 3 is 2.77 bits per heavy atom. The number of likely N-dealkylation sites (tertiary alicyclic amines) is 1. The molecule has 140 valence electrons. The van der Waals surface area contributed by atoms with E-state index in [-0.39, 0.29) is 6.04 Å². The monoisotopic (exact) mass is 374 g/mol. The van der Waals surface area contributed by atoms with Crippen molar-refractivity contribution in [1.82, 2.24) is 14.9 Å². The number of oxazole rings is 1. The molecule has 2 aromatic heterocycles. The van der Waals surface area contributed by atoms with Crippen LogP contribution in [0.1, 0.15) is 30.2 Å². The van der Waals surface area contributed by atoms with E-state index in [0.29, 0.717) is 17.5 Å². The SMILES string of the molecule is Cc1nc(CNc2ncccc2N(C(N)=S)C2CCN(C)CC2)c(C)o1. The largest absolute Gasteiger partial charge is 0.446 e. The van der Waals surface area contributed by atoms with Gasteiger partial charge in [-0.15, -0.1) is 0 Å². The van der Waals surface area contributed by atoms with Crippen LogP contribution in [0.5, 0.6) is 0 Å². The van der Waals surface area contributed by atoms with Gasteiger partial charge in [-0.1, -0.05) is 0 Å². The summed E-state index contributed by atoms with van der Waals surface area (Å²) in [5, 5.41) is 3.74. The minimum Gasteiger partial charge on any atom is -0.446 e. The summed E-state index contributed by atoms with van der Waals surface area (Å²) in [6.45, 7) is 6.35. The summed E-state index contributed by atoms with van der Waals surface area (Å²) in [5.41, 5.74) is 7.88. The van der Waals surface area contributed by atoms with Crippen molar-refractivity contribution < 1.29 is 4.42 Å². The molecule has 2 aromatic rings. The molecule has 1 saturated heterocycles. The van der Waals surface area contributed by atoms with E-state index in [9.17, 15) is 0 Å². The molecular formula is C18H26N6OS. The second-order valence-corrected chi connectivity index (χ2v) is 7.12. The zero-order valence-electron chi connectivity index (χ0n) is 15.5. The van der Waals surface area contributed by atoms with E-state index >= 15 is 0 Å². The minimum absolute atomic E-state index is 0.282. The Hall–Kier alpha value is -2.19. The average Bonchev–Trinajstić information content (AvgIpc) is 2.93. The fraction of sp³-hybridized carbons (Fsp3) is 0.500. The Bertz CT molecular complexity index is 769. The Morgan fingerprint density at radius 2 is 2.15 bits per heavy atom. The summed E-state index contributed by atoms with van der Waals surface area (Å²) >= 11 is 5.38. The van der Waals surface area contributed by atoms with E-state index in [2.05, 4.69) is 27.2 Å². The van der Waals surface area contributed by atoms with Gasteiger partial charge in [0.15, 0.2) is 11.0 Å². The molecule has 3 heterocycles. The highest BCUT2D eigenvalue weighted by Gasteiger charge is 2.27. The number of nitrogens with zero attached hydrogens (tertiary/aromatic N) is 4. The highest BCUT2D eigenvalue weighted by molar-refractivity contribution is 7.80. The summed E-state index contributed by atoms with van der Waals surface area (Å²) < 4.78 is 5.50. The lowest BCUT2D eigenvalue weighted by Crippen LogP contribution is -2.49. The number of piperidine rings is 1. The third kappa shape index (κ3) is 4.13. The Morgan fingerprint density at radius 1 is 1.42 bits per heavy atom. The molecule has 0 amide bonds. The second kappa shape index (κ2) is 8.01. The third-order valence-corrected chi connectivity index (χ3v) is 4.96. The summed E-state index contributed by atoms with van der Waals surface area (Å²) in [7, 11) is 2.14. The number of pyridine rings is 1. The molecule has 3 N–H and O–H groups in total. The van der Waals surface area contributed by atoms with Gasteiger partial charge in [0.05, 0.1) is 12.2 Å². The summed E-state index contributed by atoms with van der Waals surface area (Å²) in [4.78, 5) is 13.3. The van der Waals surface area contributed by atoms with Crippen LogP contribution in [0.4, 0.5) is 11.5 Å². The van der Waals surface area contributed by atoms with Crippen LogP contribution in [-0.2, 0) is 6.54 Å². The number of thiocarbonyl (C=S) groups is 1. The first-order valence-electron chi connectivity index (χ1n) is 8.84. The van der Waals surface area contributed by atoms with Crippen molar-refractivity contribution in [2.75, 3.05) is 30.4 Å². The highest BCUT2D eigenvalue weighted by atomic mass is 32.1. The lowest BCUT2D eigenvalue weighted by Gasteiger charge is -2.38. The number of hydrogen-bond acceptors (Lipinski definition) is 6. The van der Waals surface area contributed by atoms with Crippen LogP contribution in [0.3, 0.4) is 0 Å². The molecule has 0 unspecified atom stereocenters. The zero-order valence-corrected chi connectivity index (χ0v) is 16.3. The second-order valence-electron chi connectivity index (χ2n) is 6.70. The van der Waals surface area contributed by atoms with Gasteiger partial charge in [0.25, 0.3) is 0 Å². The predicted octanol–water partition coefficient (Wildman–Crippen LogP) is 2.44. The topological polar surface area (TPSA) is 83.5 Å². The number of nitrogens with one attached hydrogen (secondary N) is 1. The van der Waals surface area contributed by atoms with E-state index < -0.39 is 0 Å². The number of rotatable bonds is 5. The number of aromatic nitrogens is 2. The van der Waals surface area contributed by atoms with Crippen molar-refractivity contribution in [3.8, 4) is 0 Å². The normalized spacial score (nSPS) is 15.8. The summed E-state index contributed by atoms with van der Waals surface area (Å²) in [6.07, 6.45) is 3.80. The average molecular weight is 375 g/mol. The van der Waals surface area contributed by atoms with Crippen LogP contribution in [0.15, 0.2) is 22.7 Å². The Kier molecular flexibility index (Phi) is 5.73. The molecule has 7 nitrogen and oxygen atoms in total. The molecule has 0 aromatic carbocycles. The van der Waals surface area contributed by atoms with Crippen molar-refractivity contribution >= 4 is 28.8 Å². The standard InChI is InChI=1S/C18H26N6OS/c1-12-15(22-13(2)25-12)11-21-17-16(5-4-8-20-17)24(18(19)26)14-6-9-23(3)10-7-14/h4-5,8,14H,6-7,9-11H2,1-3H3,(H2,19,26)(H,20,21). The van der Waals surface area contributed by atoms with Gasteiger partial charge >= 0.3 is 0 Å². The zero-order chi connectivity index (χ0) is 18.7. The Labute approximate surface area is 159 Å². The van der Waals surface area contributed by atoms with Crippen LogP contribution in [0, 0.1) is 13.8 Å². The minimum atomic E-state index is 0.282. The van der Waals surface area contributed by atoms with Crippen molar-refractivity contribution in [3.63, 3.8) is 0 Å². The summed E-state index contributed by atoms with van der Waals surface area (Å²) in [6, 6.07) is 4.20. The Balaban J connectivity index is 1.82. The molecule has 26 heavy (non-hydrogen) atoms. The van der Waals surface area contributed by atoms with Crippen LogP contribution in [-0.4, -0.2) is 46.2 Å². The maximum Gasteiger partial charge on any atom is 0.191 e. The molecule has 1 fully saturated rings.